The molecule has 0 unspecified atom stereocenters. The molecule has 0 bridgehead atoms. The van der Waals surface area contributed by atoms with Crippen LogP contribution in [0.2, 0.25) is 0 Å². The molecule has 0 radical (unpaired) electrons. The number of hydrogen-bond donors (Lipinski definition) is 0. The van der Waals surface area contributed by atoms with Gasteiger partial charge in [0.1, 0.15) is 0 Å². The van der Waals surface area contributed by atoms with E-state index in [1.54, 1.807) is 0 Å². The predicted molar refractivity (Wildman–Crippen MR) is 154 cm³/mol. The van der Waals surface area contributed by atoms with Gasteiger partial charge in [-0.3, -0.25) is 0 Å². The van der Waals surface area contributed by atoms with Crippen molar-refractivity contribution in [2.24, 2.45) is 0 Å². The van der Waals surface area contributed by atoms with Gasteiger partial charge in [-0.25, -0.2) is 0 Å². The van der Waals surface area contributed by atoms with E-state index in [0.717, 1.165) is 18.1 Å². The molecular weight excluding hydrogens is 432 g/mol. The van der Waals surface area contributed by atoms with E-state index in [2.05, 4.69) is 116 Å². The van der Waals surface area contributed by atoms with Gasteiger partial charge in [0.05, 0.1) is 0 Å². The van der Waals surface area contributed by atoms with Crippen molar-refractivity contribution in [3.05, 3.63) is 129 Å². The van der Waals surface area contributed by atoms with Crippen molar-refractivity contribution in [2.75, 3.05) is 0 Å². The van der Waals surface area contributed by atoms with Crippen LogP contribution < -0.4 is 10.4 Å². The van der Waals surface area contributed by atoms with Gasteiger partial charge >= 0.3 is 0 Å². The Bertz CT molecular complexity index is 1970. The highest BCUT2D eigenvalue weighted by Gasteiger charge is 2.20. The van der Waals surface area contributed by atoms with Crippen LogP contribution in [0.15, 0.2) is 90.7 Å². The predicted octanol–water partition coefficient (Wildman–Crippen LogP) is 7.65. The summed E-state index contributed by atoms with van der Waals surface area (Å²) in [5, 5.41) is 7.63. The normalized spacial score (nSPS) is 13.7. The summed E-state index contributed by atoms with van der Waals surface area (Å²) in [6.45, 7) is 4.40. The average molecular weight is 459 g/mol. The van der Waals surface area contributed by atoms with E-state index < -0.39 is 0 Å². The molecule has 0 heteroatoms. The van der Waals surface area contributed by atoms with Gasteiger partial charge in [-0.1, -0.05) is 95.4 Å². The zero-order valence-corrected chi connectivity index (χ0v) is 20.7. The summed E-state index contributed by atoms with van der Waals surface area (Å²) >= 11 is 0. The van der Waals surface area contributed by atoms with Gasteiger partial charge in [0, 0.05) is 5.22 Å². The lowest BCUT2D eigenvalue weighted by molar-refractivity contribution is 1.00. The molecule has 0 amide bonds. The van der Waals surface area contributed by atoms with E-state index in [1.807, 2.05) is 6.08 Å². The SMILES string of the molecule is Cc1ccc2c(-c3ccc4c(c3)=CC=C=C=4)c3cc(C)ccc3c(C3=Cc4ccccc4CC3)c2c1. The first-order valence-electron chi connectivity index (χ1n) is 12.7. The maximum atomic E-state index is 3.25. The maximum absolute atomic E-state index is 3.25. The Labute approximate surface area is 211 Å². The summed E-state index contributed by atoms with van der Waals surface area (Å²) in [6.07, 6.45) is 8.66. The molecule has 0 N–H and O–H groups in total. The summed E-state index contributed by atoms with van der Waals surface area (Å²) < 4.78 is 0. The number of fused-ring (bicyclic) bond motifs is 4. The smallest absolute Gasteiger partial charge is 0.0321 e. The Kier molecular flexibility index (Phi) is 4.73. The van der Waals surface area contributed by atoms with E-state index in [9.17, 15) is 0 Å². The highest BCUT2D eigenvalue weighted by molar-refractivity contribution is 6.20. The molecule has 5 aromatic carbocycles. The van der Waals surface area contributed by atoms with Crippen LogP contribution in [0.1, 0.15) is 34.2 Å². The second-order valence-electron chi connectivity index (χ2n) is 10.1. The molecule has 2 aliphatic carbocycles. The summed E-state index contributed by atoms with van der Waals surface area (Å²) in [6, 6.07) is 29.5. The monoisotopic (exact) mass is 458 g/mol. The Hall–Kier alpha value is -4.34. The quantitative estimate of drug-likeness (QED) is 0.188. The van der Waals surface area contributed by atoms with Gasteiger partial charge < -0.3 is 0 Å². The molecule has 0 saturated carbocycles. The molecule has 0 spiro atoms. The molecule has 0 heterocycles. The molecule has 0 atom stereocenters. The molecule has 0 nitrogen and oxygen atoms in total. The highest BCUT2D eigenvalue weighted by Crippen LogP contribution is 2.44. The van der Waals surface area contributed by atoms with Crippen LogP contribution in [0.4, 0.5) is 0 Å². The van der Waals surface area contributed by atoms with Crippen LogP contribution in [0.3, 0.4) is 0 Å². The van der Waals surface area contributed by atoms with Crippen molar-refractivity contribution in [3.63, 3.8) is 0 Å². The fraction of sp³-hybridized carbons (Fsp3) is 0.111. The molecule has 5 aromatic rings. The third-order valence-corrected chi connectivity index (χ3v) is 7.69. The van der Waals surface area contributed by atoms with Crippen molar-refractivity contribution in [2.45, 2.75) is 26.7 Å². The lowest BCUT2D eigenvalue weighted by Crippen LogP contribution is -2.23. The van der Waals surface area contributed by atoms with Gasteiger partial charge in [-0.15, -0.1) is 0 Å². The Morgan fingerprint density at radius 3 is 2.25 bits per heavy atom. The van der Waals surface area contributed by atoms with Gasteiger partial charge in [-0.05, 0) is 111 Å². The second kappa shape index (κ2) is 8.11. The summed E-state index contributed by atoms with van der Waals surface area (Å²) in [4.78, 5) is 0. The molecule has 170 valence electrons. The molecule has 7 rings (SSSR count). The first kappa shape index (κ1) is 21.0. The Balaban J connectivity index is 1.62. The van der Waals surface area contributed by atoms with Gasteiger partial charge in [0.15, 0.2) is 0 Å². The lowest BCUT2D eigenvalue weighted by Gasteiger charge is -2.23. The van der Waals surface area contributed by atoms with Crippen molar-refractivity contribution >= 4 is 45.0 Å². The number of hydrogen-bond acceptors (Lipinski definition) is 0. The number of benzene rings is 5. The van der Waals surface area contributed by atoms with Gasteiger partial charge in [0.25, 0.3) is 0 Å². The Morgan fingerprint density at radius 1 is 0.667 bits per heavy atom. The topological polar surface area (TPSA) is 0 Å². The van der Waals surface area contributed by atoms with E-state index in [-0.39, 0.29) is 0 Å². The lowest BCUT2D eigenvalue weighted by atomic mass is 9.81. The van der Waals surface area contributed by atoms with Crippen LogP contribution in [-0.2, 0) is 6.42 Å². The Morgan fingerprint density at radius 2 is 1.42 bits per heavy atom. The second-order valence-corrected chi connectivity index (χ2v) is 10.1. The van der Waals surface area contributed by atoms with Crippen LogP contribution in [0.5, 0.6) is 0 Å². The largest absolute Gasteiger partial charge is 0.0696 e. The zero-order valence-electron chi connectivity index (χ0n) is 20.7. The highest BCUT2D eigenvalue weighted by atomic mass is 14.2. The fourth-order valence-electron chi connectivity index (χ4n) is 5.96. The molecule has 0 aromatic heterocycles. The van der Waals surface area contributed by atoms with Crippen LogP contribution in [0.25, 0.3) is 56.1 Å². The maximum Gasteiger partial charge on any atom is 0.0321 e. The van der Waals surface area contributed by atoms with Gasteiger partial charge in [-0.2, -0.15) is 0 Å². The van der Waals surface area contributed by atoms with Crippen molar-refractivity contribution in [1.82, 2.24) is 0 Å². The minimum absolute atomic E-state index is 1.06. The number of rotatable bonds is 2. The number of aryl methyl sites for hydroxylation is 3. The van der Waals surface area contributed by atoms with Crippen LogP contribution in [-0.4, -0.2) is 0 Å². The van der Waals surface area contributed by atoms with Crippen molar-refractivity contribution in [3.8, 4) is 11.1 Å². The van der Waals surface area contributed by atoms with E-state index in [4.69, 9.17) is 0 Å². The summed E-state index contributed by atoms with van der Waals surface area (Å²) in [5.41, 5.74) is 17.1. The van der Waals surface area contributed by atoms with E-state index >= 15 is 0 Å². The minimum Gasteiger partial charge on any atom is -0.0696 e. The van der Waals surface area contributed by atoms with Gasteiger partial charge in [0.2, 0.25) is 0 Å². The standard InChI is InChI=1S/C36H26/c1-23-11-17-31-33(19-23)35(29-15-13-25-7-3-5-9-27(25)21-29)32-18-12-24(2)20-34(32)36(31)30-16-14-26-8-4-6-10-28(26)22-30/h3,5-7,9-12,14,16-22H,13,15H2,1-2H3. The number of allylic oxidation sites excluding steroid dienone is 2. The first-order chi connectivity index (χ1) is 17.7. The summed E-state index contributed by atoms with van der Waals surface area (Å²) in [7, 11) is 0. The first-order valence-corrected chi connectivity index (χ1v) is 12.7. The van der Waals surface area contributed by atoms with Crippen molar-refractivity contribution < 1.29 is 0 Å². The molecule has 0 saturated heterocycles. The van der Waals surface area contributed by atoms with Crippen molar-refractivity contribution in [1.29, 1.82) is 0 Å². The third kappa shape index (κ3) is 3.32. The average Bonchev–Trinajstić information content (AvgIpc) is 2.91. The van der Waals surface area contributed by atoms with E-state index in [1.165, 1.54) is 71.3 Å². The van der Waals surface area contributed by atoms with Crippen LogP contribution >= 0.6 is 0 Å². The van der Waals surface area contributed by atoms with Crippen LogP contribution in [0, 0.1) is 13.8 Å². The molecule has 36 heavy (non-hydrogen) atoms. The molecule has 0 fully saturated rings. The fourth-order valence-corrected chi connectivity index (χ4v) is 5.96. The summed E-state index contributed by atoms with van der Waals surface area (Å²) in [5.74, 6) is 0. The molecule has 2 aliphatic rings. The van der Waals surface area contributed by atoms with E-state index in [0.29, 0.717) is 0 Å². The molecular formula is C36H26. The minimum atomic E-state index is 1.06. The molecule has 0 aliphatic heterocycles. The third-order valence-electron chi connectivity index (χ3n) is 7.69. The zero-order chi connectivity index (χ0) is 24.2.